The van der Waals surface area contributed by atoms with Crippen molar-refractivity contribution in [2.45, 2.75) is 31.0 Å². The highest BCUT2D eigenvalue weighted by molar-refractivity contribution is 7.98. The fourth-order valence-electron chi connectivity index (χ4n) is 2.39. The van der Waals surface area contributed by atoms with Crippen molar-refractivity contribution in [2.75, 3.05) is 0 Å². The number of ether oxygens (including phenoxy) is 1. The molecule has 4 nitrogen and oxygen atoms in total. The zero-order chi connectivity index (χ0) is 19.4. The first-order valence-electron chi connectivity index (χ1n) is 8.05. The quantitative estimate of drug-likeness (QED) is 0.362. The minimum Gasteiger partial charge on any atom is -0.484 e. The van der Waals surface area contributed by atoms with Crippen LogP contribution in [0.2, 0.25) is 20.1 Å². The Morgan fingerprint density at radius 3 is 2.44 bits per heavy atom. The van der Waals surface area contributed by atoms with Gasteiger partial charge in [-0.05, 0) is 36.8 Å². The summed E-state index contributed by atoms with van der Waals surface area (Å²) in [6.45, 7) is 2.95. The highest BCUT2D eigenvalue weighted by Crippen LogP contribution is 2.32. The molecule has 0 atom stereocenters. The van der Waals surface area contributed by atoms with Crippen LogP contribution in [0.25, 0.3) is 0 Å². The average molecular weight is 463 g/mol. The number of rotatable bonds is 7. The van der Waals surface area contributed by atoms with E-state index in [0.717, 1.165) is 10.7 Å². The minimum atomic E-state index is 0.230. The van der Waals surface area contributed by atoms with Crippen LogP contribution in [-0.4, -0.2) is 14.8 Å². The summed E-state index contributed by atoms with van der Waals surface area (Å²) in [5, 5.41) is 11.6. The SMILES string of the molecule is CCn1c(COc2cc(Cl)ccc2Cl)nnc1SCc1c(Cl)cccc1Cl. The molecule has 0 aliphatic rings. The van der Waals surface area contributed by atoms with E-state index < -0.39 is 0 Å². The molecule has 142 valence electrons. The van der Waals surface area contributed by atoms with Crippen molar-refractivity contribution in [3.63, 3.8) is 0 Å². The van der Waals surface area contributed by atoms with E-state index in [1.165, 1.54) is 11.8 Å². The minimum absolute atomic E-state index is 0.230. The van der Waals surface area contributed by atoms with Gasteiger partial charge in [0.2, 0.25) is 0 Å². The van der Waals surface area contributed by atoms with E-state index in [1.54, 1.807) is 18.2 Å². The van der Waals surface area contributed by atoms with Crippen molar-refractivity contribution in [3.8, 4) is 5.75 Å². The van der Waals surface area contributed by atoms with E-state index in [9.17, 15) is 0 Å². The van der Waals surface area contributed by atoms with Gasteiger partial charge in [0.15, 0.2) is 11.0 Å². The van der Waals surface area contributed by atoms with E-state index in [4.69, 9.17) is 51.1 Å². The number of hydrogen-bond acceptors (Lipinski definition) is 4. The Kier molecular flexibility index (Phi) is 7.17. The molecule has 0 amide bonds. The zero-order valence-corrected chi connectivity index (χ0v) is 18.1. The van der Waals surface area contributed by atoms with Gasteiger partial charge in [-0.25, -0.2) is 0 Å². The van der Waals surface area contributed by atoms with Gasteiger partial charge in [0.25, 0.3) is 0 Å². The van der Waals surface area contributed by atoms with Crippen LogP contribution >= 0.6 is 58.2 Å². The molecule has 0 saturated carbocycles. The van der Waals surface area contributed by atoms with Crippen molar-refractivity contribution < 1.29 is 4.74 Å². The van der Waals surface area contributed by atoms with Crippen LogP contribution in [0, 0.1) is 0 Å². The van der Waals surface area contributed by atoms with Crippen molar-refractivity contribution >= 4 is 58.2 Å². The van der Waals surface area contributed by atoms with Gasteiger partial charge in [-0.2, -0.15) is 0 Å². The molecule has 0 radical (unpaired) electrons. The maximum absolute atomic E-state index is 6.24. The molecule has 27 heavy (non-hydrogen) atoms. The third kappa shape index (κ3) is 5.04. The average Bonchev–Trinajstić information content (AvgIpc) is 3.04. The lowest BCUT2D eigenvalue weighted by Gasteiger charge is -2.10. The Hall–Kier alpha value is -1.11. The second-order valence-corrected chi connectivity index (χ2v) is 8.10. The smallest absolute Gasteiger partial charge is 0.191 e. The highest BCUT2D eigenvalue weighted by atomic mass is 35.5. The van der Waals surface area contributed by atoms with Gasteiger partial charge in [0, 0.05) is 33.4 Å². The van der Waals surface area contributed by atoms with Gasteiger partial charge >= 0.3 is 0 Å². The van der Waals surface area contributed by atoms with Crippen molar-refractivity contribution in [1.29, 1.82) is 0 Å². The summed E-state index contributed by atoms with van der Waals surface area (Å²) in [5.41, 5.74) is 0.875. The van der Waals surface area contributed by atoms with Gasteiger partial charge in [-0.15, -0.1) is 10.2 Å². The summed E-state index contributed by atoms with van der Waals surface area (Å²) >= 11 is 26.1. The van der Waals surface area contributed by atoms with Crippen molar-refractivity contribution in [1.82, 2.24) is 14.8 Å². The van der Waals surface area contributed by atoms with E-state index in [-0.39, 0.29) is 6.61 Å². The Labute approximate surface area is 181 Å². The lowest BCUT2D eigenvalue weighted by Crippen LogP contribution is -2.07. The number of hydrogen-bond donors (Lipinski definition) is 0. The Morgan fingerprint density at radius 2 is 1.74 bits per heavy atom. The Bertz CT molecular complexity index is 928. The van der Waals surface area contributed by atoms with Gasteiger partial charge in [-0.1, -0.05) is 64.2 Å². The number of halogens is 4. The summed E-state index contributed by atoms with van der Waals surface area (Å²) in [4.78, 5) is 0. The van der Waals surface area contributed by atoms with E-state index in [2.05, 4.69) is 10.2 Å². The molecule has 0 N–H and O–H groups in total. The monoisotopic (exact) mass is 461 g/mol. The second-order valence-electron chi connectivity index (χ2n) is 5.50. The molecule has 3 aromatic rings. The second kappa shape index (κ2) is 9.39. The number of benzene rings is 2. The van der Waals surface area contributed by atoms with Crippen LogP contribution < -0.4 is 4.74 Å². The van der Waals surface area contributed by atoms with Crippen LogP contribution in [0.1, 0.15) is 18.3 Å². The van der Waals surface area contributed by atoms with Crippen LogP contribution in [0.3, 0.4) is 0 Å². The summed E-state index contributed by atoms with van der Waals surface area (Å²) < 4.78 is 7.75. The van der Waals surface area contributed by atoms with Gasteiger partial charge in [0.1, 0.15) is 12.4 Å². The molecule has 9 heteroatoms. The summed E-state index contributed by atoms with van der Waals surface area (Å²) in [7, 11) is 0. The topological polar surface area (TPSA) is 39.9 Å². The normalized spacial score (nSPS) is 11.0. The summed E-state index contributed by atoms with van der Waals surface area (Å²) in [5.74, 6) is 1.80. The van der Waals surface area contributed by atoms with Gasteiger partial charge in [0.05, 0.1) is 5.02 Å². The van der Waals surface area contributed by atoms with Gasteiger partial charge < -0.3 is 9.30 Å². The first-order valence-corrected chi connectivity index (χ1v) is 10.5. The molecule has 0 fully saturated rings. The Morgan fingerprint density at radius 1 is 1.00 bits per heavy atom. The van der Waals surface area contributed by atoms with Gasteiger partial charge in [-0.3, -0.25) is 0 Å². The molecule has 1 heterocycles. The molecule has 0 spiro atoms. The molecule has 3 rings (SSSR count). The van der Waals surface area contributed by atoms with Crippen LogP contribution in [0.15, 0.2) is 41.6 Å². The van der Waals surface area contributed by atoms with Crippen LogP contribution in [-0.2, 0) is 18.9 Å². The Balaban J connectivity index is 1.72. The third-order valence-corrected chi connectivity index (χ3v) is 6.02. The first-order chi connectivity index (χ1) is 13.0. The molecule has 0 aliphatic carbocycles. The summed E-state index contributed by atoms with van der Waals surface area (Å²) in [6.07, 6.45) is 0. The fraction of sp³-hybridized carbons (Fsp3) is 0.222. The molecule has 0 bridgehead atoms. The predicted molar refractivity (Wildman–Crippen MR) is 113 cm³/mol. The third-order valence-electron chi connectivity index (χ3n) is 3.77. The maximum atomic E-state index is 6.24. The molecule has 0 unspecified atom stereocenters. The molecule has 2 aromatic carbocycles. The lowest BCUT2D eigenvalue weighted by atomic mass is 10.2. The standard InChI is InChI=1S/C18H15Cl4N3OS/c1-2-25-17(9-26-16-8-11(19)6-7-15(16)22)23-24-18(25)27-10-12-13(20)4-3-5-14(12)21/h3-8H,2,9-10H2,1H3. The van der Waals surface area contributed by atoms with E-state index in [0.29, 0.717) is 44.0 Å². The fourth-order valence-corrected chi connectivity index (χ4v) is 4.48. The molecule has 0 saturated heterocycles. The highest BCUT2D eigenvalue weighted by Gasteiger charge is 2.14. The molecular weight excluding hydrogens is 448 g/mol. The number of aromatic nitrogens is 3. The van der Waals surface area contributed by atoms with Crippen LogP contribution in [0.5, 0.6) is 5.75 Å². The summed E-state index contributed by atoms with van der Waals surface area (Å²) in [6, 6.07) is 10.5. The van der Waals surface area contributed by atoms with Crippen LogP contribution in [0.4, 0.5) is 0 Å². The first kappa shape index (κ1) is 20.6. The molecular formula is C18H15Cl4N3OS. The van der Waals surface area contributed by atoms with Crippen molar-refractivity contribution in [2.24, 2.45) is 0 Å². The number of thioether (sulfide) groups is 1. The number of nitrogens with zero attached hydrogens (tertiary/aromatic N) is 3. The zero-order valence-electron chi connectivity index (χ0n) is 14.3. The van der Waals surface area contributed by atoms with E-state index >= 15 is 0 Å². The van der Waals surface area contributed by atoms with Crippen molar-refractivity contribution in [3.05, 3.63) is 67.9 Å². The maximum Gasteiger partial charge on any atom is 0.191 e. The largest absolute Gasteiger partial charge is 0.484 e. The van der Waals surface area contributed by atoms with E-state index in [1.807, 2.05) is 29.7 Å². The molecule has 0 aliphatic heterocycles. The molecule has 1 aromatic heterocycles. The lowest BCUT2D eigenvalue weighted by molar-refractivity contribution is 0.288. The predicted octanol–water partition coefficient (Wildman–Crippen LogP) is 6.78.